The minimum atomic E-state index is -2.91. The minimum absolute atomic E-state index is 0.134. The van der Waals surface area contributed by atoms with Gasteiger partial charge in [-0.2, -0.15) is 8.78 Å². The van der Waals surface area contributed by atoms with E-state index in [2.05, 4.69) is 15.0 Å². The molecule has 186 valence electrons. The summed E-state index contributed by atoms with van der Waals surface area (Å²) >= 11 is 0. The number of nitrogens with zero attached hydrogens (tertiary/aromatic N) is 5. The average molecular weight is 495 g/mol. The number of imidazole rings is 1. The molecule has 5 rings (SSSR count). The number of benzene rings is 1. The third-order valence-electron chi connectivity index (χ3n) is 6.06. The van der Waals surface area contributed by atoms with Gasteiger partial charge < -0.3 is 23.9 Å². The van der Waals surface area contributed by atoms with Gasteiger partial charge in [-0.3, -0.25) is 0 Å². The van der Waals surface area contributed by atoms with Crippen molar-refractivity contribution in [2.45, 2.75) is 26.1 Å². The third kappa shape index (κ3) is 4.82. The number of aromatic nitrogens is 4. The number of fused-ring (bicyclic) bond motifs is 1. The van der Waals surface area contributed by atoms with Crippen LogP contribution in [0.4, 0.5) is 14.7 Å². The quantitative estimate of drug-likeness (QED) is 0.415. The van der Waals surface area contributed by atoms with Crippen molar-refractivity contribution >= 4 is 17.6 Å². The number of halogens is 2. The van der Waals surface area contributed by atoms with Crippen LogP contribution in [0.5, 0.6) is 5.75 Å². The Bertz CT molecular complexity index is 1390. The Morgan fingerprint density at radius 3 is 2.72 bits per heavy atom. The molecule has 11 heteroatoms. The van der Waals surface area contributed by atoms with E-state index in [4.69, 9.17) is 9.47 Å². The monoisotopic (exact) mass is 495 g/mol. The fourth-order valence-electron chi connectivity index (χ4n) is 4.25. The smallest absolute Gasteiger partial charge is 0.387 e. The lowest BCUT2D eigenvalue weighted by Crippen LogP contribution is -2.46. The van der Waals surface area contributed by atoms with E-state index in [1.807, 2.05) is 29.7 Å². The molecule has 0 bridgehead atoms. The van der Waals surface area contributed by atoms with Crippen LogP contribution in [0.3, 0.4) is 0 Å². The van der Waals surface area contributed by atoms with Gasteiger partial charge in [-0.25, -0.2) is 19.7 Å². The van der Waals surface area contributed by atoms with E-state index in [-0.39, 0.29) is 18.9 Å². The number of carbonyl (C=O) groups is 1. The van der Waals surface area contributed by atoms with Crippen molar-refractivity contribution < 1.29 is 28.2 Å². The highest BCUT2D eigenvalue weighted by Gasteiger charge is 2.27. The van der Waals surface area contributed by atoms with Crippen LogP contribution in [0.1, 0.15) is 17.0 Å². The van der Waals surface area contributed by atoms with E-state index in [1.165, 1.54) is 6.07 Å². The number of pyridine rings is 1. The molecular weight excluding hydrogens is 472 g/mol. The van der Waals surface area contributed by atoms with Gasteiger partial charge in [-0.05, 0) is 25.1 Å². The zero-order valence-corrected chi connectivity index (χ0v) is 19.3. The van der Waals surface area contributed by atoms with E-state index >= 15 is 0 Å². The molecule has 0 spiro atoms. The molecule has 0 saturated carbocycles. The second-order valence-corrected chi connectivity index (χ2v) is 8.37. The van der Waals surface area contributed by atoms with Crippen molar-refractivity contribution in [3.8, 4) is 16.9 Å². The predicted molar refractivity (Wildman–Crippen MR) is 126 cm³/mol. The van der Waals surface area contributed by atoms with Crippen LogP contribution in [0, 0.1) is 6.92 Å². The molecule has 0 radical (unpaired) electrons. The minimum Gasteiger partial charge on any atom is -0.479 e. The zero-order valence-electron chi connectivity index (χ0n) is 19.3. The predicted octanol–water partition coefficient (Wildman–Crippen LogP) is 3.58. The lowest BCUT2D eigenvalue weighted by Gasteiger charge is -2.30. The number of para-hydroxylation sites is 1. The largest absolute Gasteiger partial charge is 0.479 e. The molecular formula is C25H23F2N5O4. The second-order valence-electron chi connectivity index (χ2n) is 8.37. The topological polar surface area (TPSA) is 102 Å². The van der Waals surface area contributed by atoms with Crippen LogP contribution in [0.25, 0.3) is 16.8 Å². The van der Waals surface area contributed by atoms with Gasteiger partial charge >= 0.3 is 12.6 Å². The number of aliphatic carboxylic acids is 1. The van der Waals surface area contributed by atoms with Crippen LogP contribution in [-0.2, 0) is 16.0 Å². The Morgan fingerprint density at radius 1 is 1.19 bits per heavy atom. The normalized spacial score (nSPS) is 16.0. The SMILES string of the molecule is Cc1nc2ccc(-c3cnc(N4CCO[C@H](C(=O)O)C4)nc3)cn2c1Cc1ccccc1OC(F)F. The molecule has 0 aliphatic carbocycles. The number of anilines is 1. The summed E-state index contributed by atoms with van der Waals surface area (Å²) < 4.78 is 37.6. The van der Waals surface area contributed by atoms with Crippen LogP contribution in [0.15, 0.2) is 55.0 Å². The first-order valence-electron chi connectivity index (χ1n) is 11.3. The van der Waals surface area contributed by atoms with E-state index in [0.717, 1.165) is 28.2 Å². The molecule has 1 N–H and O–H groups in total. The lowest BCUT2D eigenvalue weighted by molar-refractivity contribution is -0.150. The molecule has 1 atom stereocenters. The first-order valence-corrected chi connectivity index (χ1v) is 11.3. The van der Waals surface area contributed by atoms with Gasteiger partial charge in [0.1, 0.15) is 11.4 Å². The van der Waals surface area contributed by atoms with Gasteiger partial charge in [-0.1, -0.05) is 18.2 Å². The molecule has 0 amide bonds. The Balaban J connectivity index is 1.42. The van der Waals surface area contributed by atoms with Gasteiger partial charge in [0, 0.05) is 53.9 Å². The summed E-state index contributed by atoms with van der Waals surface area (Å²) in [5.41, 5.74) is 4.60. The van der Waals surface area contributed by atoms with Crippen LogP contribution >= 0.6 is 0 Å². The molecule has 1 fully saturated rings. The lowest BCUT2D eigenvalue weighted by atomic mass is 10.1. The third-order valence-corrected chi connectivity index (χ3v) is 6.06. The van der Waals surface area contributed by atoms with Crippen molar-refractivity contribution in [2.24, 2.45) is 0 Å². The van der Waals surface area contributed by atoms with Crippen molar-refractivity contribution in [1.82, 2.24) is 19.4 Å². The molecule has 1 aliphatic heterocycles. The number of aryl methyl sites for hydroxylation is 1. The van der Waals surface area contributed by atoms with Crippen molar-refractivity contribution in [2.75, 3.05) is 24.6 Å². The highest BCUT2D eigenvalue weighted by molar-refractivity contribution is 5.73. The molecule has 4 heterocycles. The van der Waals surface area contributed by atoms with Crippen molar-refractivity contribution in [3.05, 3.63) is 71.9 Å². The molecule has 36 heavy (non-hydrogen) atoms. The number of alkyl halides is 2. The molecule has 1 saturated heterocycles. The summed E-state index contributed by atoms with van der Waals surface area (Å²) in [6.07, 6.45) is 4.72. The van der Waals surface area contributed by atoms with Crippen LogP contribution < -0.4 is 9.64 Å². The molecule has 1 aliphatic rings. The Kier molecular flexibility index (Phi) is 6.47. The van der Waals surface area contributed by atoms with Crippen molar-refractivity contribution in [1.29, 1.82) is 0 Å². The van der Waals surface area contributed by atoms with Crippen LogP contribution in [0.2, 0.25) is 0 Å². The fraction of sp³-hybridized carbons (Fsp3) is 0.280. The first-order chi connectivity index (χ1) is 17.4. The van der Waals surface area contributed by atoms with Crippen LogP contribution in [-0.4, -0.2) is 62.8 Å². The zero-order chi connectivity index (χ0) is 25.2. The maximum atomic E-state index is 12.9. The van der Waals surface area contributed by atoms with Gasteiger partial charge in [0.2, 0.25) is 5.95 Å². The van der Waals surface area contributed by atoms with Gasteiger partial charge in [0.25, 0.3) is 0 Å². The highest BCUT2D eigenvalue weighted by Crippen LogP contribution is 2.27. The van der Waals surface area contributed by atoms with Gasteiger partial charge in [0.05, 0.1) is 18.8 Å². The Hall–Kier alpha value is -4.12. The molecule has 3 aromatic heterocycles. The summed E-state index contributed by atoms with van der Waals surface area (Å²) in [5, 5.41) is 9.21. The molecule has 4 aromatic rings. The van der Waals surface area contributed by atoms with E-state index < -0.39 is 18.7 Å². The number of rotatable bonds is 7. The summed E-state index contributed by atoms with van der Waals surface area (Å²) in [5.74, 6) is -0.445. The van der Waals surface area contributed by atoms with E-state index in [1.54, 1.807) is 35.5 Å². The standard InChI is InChI=1S/C25H23F2N5O4/c1-15-19(10-16-4-2-3-5-20(16)36-24(26)27)32-13-17(6-7-22(32)30-15)18-11-28-25(29-12-18)31-8-9-35-21(14-31)23(33)34/h2-7,11-13,21,24H,8-10,14H2,1H3,(H,33,34)/t21-/m0/s1. The van der Waals surface area contributed by atoms with Crippen molar-refractivity contribution in [3.63, 3.8) is 0 Å². The molecule has 1 aromatic carbocycles. The number of hydrogen-bond donors (Lipinski definition) is 1. The number of hydrogen-bond acceptors (Lipinski definition) is 7. The number of morpholine rings is 1. The summed E-state index contributed by atoms with van der Waals surface area (Å²) in [6, 6.07) is 10.5. The number of carboxylic acid groups (broad SMARTS) is 1. The maximum Gasteiger partial charge on any atom is 0.387 e. The van der Waals surface area contributed by atoms with E-state index in [0.29, 0.717) is 24.5 Å². The summed E-state index contributed by atoms with van der Waals surface area (Å²) in [7, 11) is 0. The van der Waals surface area contributed by atoms with Gasteiger partial charge in [0.15, 0.2) is 6.10 Å². The van der Waals surface area contributed by atoms with Gasteiger partial charge in [-0.15, -0.1) is 0 Å². The van der Waals surface area contributed by atoms with E-state index in [9.17, 15) is 18.7 Å². The Labute approximate surface area is 205 Å². The molecule has 0 unspecified atom stereocenters. The first kappa shape index (κ1) is 23.6. The average Bonchev–Trinajstić information content (AvgIpc) is 3.19. The summed E-state index contributed by atoms with van der Waals surface area (Å²) in [4.78, 5) is 26.5. The summed E-state index contributed by atoms with van der Waals surface area (Å²) in [6.45, 7) is -0.0640. The Morgan fingerprint density at radius 2 is 1.97 bits per heavy atom. The molecule has 9 nitrogen and oxygen atoms in total. The maximum absolute atomic E-state index is 12.9. The number of carboxylic acids is 1. The second kappa shape index (κ2) is 9.86. The fourth-order valence-corrected chi connectivity index (χ4v) is 4.25. The highest BCUT2D eigenvalue weighted by atomic mass is 19.3. The number of ether oxygens (including phenoxy) is 2.